The third-order valence-corrected chi connectivity index (χ3v) is 6.00. The predicted molar refractivity (Wildman–Crippen MR) is 103 cm³/mol. The fourth-order valence-electron chi connectivity index (χ4n) is 4.42. The minimum Gasteiger partial charge on any atom is -0.376 e. The minimum atomic E-state index is 0.0576. The van der Waals surface area contributed by atoms with E-state index in [0.717, 1.165) is 37.8 Å². The number of urea groups is 1. The molecule has 0 bridgehead atoms. The zero-order valence-electron chi connectivity index (χ0n) is 16.7. The average Bonchev–Trinajstić information content (AvgIpc) is 2.61. The molecular weight excluding hydrogens is 314 g/mol. The van der Waals surface area contributed by atoms with Gasteiger partial charge >= 0.3 is 6.03 Å². The van der Waals surface area contributed by atoms with Crippen molar-refractivity contribution in [1.29, 1.82) is 0 Å². The van der Waals surface area contributed by atoms with Gasteiger partial charge in [0, 0.05) is 19.1 Å². The Morgan fingerprint density at radius 3 is 2.44 bits per heavy atom. The zero-order valence-corrected chi connectivity index (χ0v) is 16.7. The highest BCUT2D eigenvalue weighted by molar-refractivity contribution is 5.74. The number of nitrogens with one attached hydrogen (secondary N) is 2. The van der Waals surface area contributed by atoms with Gasteiger partial charge in [-0.2, -0.15) is 0 Å². The normalized spacial score (nSPS) is 30.5. The van der Waals surface area contributed by atoms with E-state index in [1.807, 2.05) is 11.8 Å². The smallest absolute Gasteiger partial charge is 0.317 e. The molecule has 0 spiro atoms. The molecule has 0 aromatic heterocycles. The van der Waals surface area contributed by atoms with Crippen LogP contribution in [0.15, 0.2) is 0 Å². The summed E-state index contributed by atoms with van der Waals surface area (Å²) in [5.74, 6) is 1.64. The van der Waals surface area contributed by atoms with E-state index in [1.54, 1.807) is 0 Å². The maximum Gasteiger partial charge on any atom is 0.317 e. The zero-order chi connectivity index (χ0) is 18.2. The second-order valence-electron chi connectivity index (χ2n) is 8.02. The minimum absolute atomic E-state index is 0.0576. The maximum atomic E-state index is 12.5. The average molecular weight is 354 g/mol. The van der Waals surface area contributed by atoms with Crippen molar-refractivity contribution in [2.24, 2.45) is 11.8 Å². The summed E-state index contributed by atoms with van der Waals surface area (Å²) in [6.45, 7) is 11.9. The maximum absolute atomic E-state index is 12.5. The van der Waals surface area contributed by atoms with Crippen molar-refractivity contribution in [1.82, 2.24) is 15.5 Å². The van der Waals surface area contributed by atoms with E-state index in [4.69, 9.17) is 4.74 Å². The van der Waals surface area contributed by atoms with Crippen molar-refractivity contribution in [3.8, 4) is 0 Å². The molecule has 1 heterocycles. The number of carbonyl (C=O) groups is 1. The number of likely N-dealkylation sites (N-methyl/N-ethyl adjacent to an activating group) is 1. The Balaban J connectivity index is 1.90. The number of ether oxygens (including phenoxy) is 1. The largest absolute Gasteiger partial charge is 0.376 e. The summed E-state index contributed by atoms with van der Waals surface area (Å²) < 4.78 is 6.32. The van der Waals surface area contributed by atoms with E-state index < -0.39 is 0 Å². The van der Waals surface area contributed by atoms with Crippen LogP contribution in [-0.2, 0) is 4.74 Å². The lowest BCUT2D eigenvalue weighted by molar-refractivity contribution is -0.0258. The van der Waals surface area contributed by atoms with Gasteiger partial charge in [-0.25, -0.2) is 4.79 Å². The van der Waals surface area contributed by atoms with Gasteiger partial charge in [-0.15, -0.1) is 0 Å². The van der Waals surface area contributed by atoms with Crippen molar-refractivity contribution in [2.45, 2.75) is 84.4 Å². The van der Waals surface area contributed by atoms with Gasteiger partial charge in [-0.05, 0) is 63.8 Å². The molecule has 2 fully saturated rings. The first kappa shape index (κ1) is 20.5. The fraction of sp³-hybridized carbons (Fsp3) is 0.950. The lowest BCUT2D eigenvalue weighted by Gasteiger charge is -2.42. The van der Waals surface area contributed by atoms with Crippen molar-refractivity contribution in [2.75, 3.05) is 26.2 Å². The Morgan fingerprint density at radius 2 is 1.84 bits per heavy atom. The van der Waals surface area contributed by atoms with Crippen LogP contribution in [0.2, 0.25) is 0 Å². The highest BCUT2D eigenvalue weighted by Crippen LogP contribution is 2.31. The highest BCUT2D eigenvalue weighted by atomic mass is 16.5. The fourth-order valence-corrected chi connectivity index (χ4v) is 4.42. The quantitative estimate of drug-likeness (QED) is 0.738. The van der Waals surface area contributed by atoms with E-state index in [1.165, 1.54) is 25.7 Å². The van der Waals surface area contributed by atoms with E-state index in [2.05, 4.69) is 31.4 Å². The lowest BCUT2D eigenvalue weighted by Crippen LogP contribution is -2.60. The Morgan fingerprint density at radius 1 is 1.12 bits per heavy atom. The predicted octanol–water partition coefficient (Wildman–Crippen LogP) is 3.39. The van der Waals surface area contributed by atoms with Gasteiger partial charge in [0.25, 0.3) is 0 Å². The van der Waals surface area contributed by atoms with Crippen LogP contribution < -0.4 is 10.6 Å². The number of nitrogens with zero attached hydrogens (tertiary/aromatic N) is 1. The third-order valence-electron chi connectivity index (χ3n) is 6.00. The summed E-state index contributed by atoms with van der Waals surface area (Å²) in [6, 6.07) is 0.540. The Hall–Kier alpha value is -0.810. The summed E-state index contributed by atoms with van der Waals surface area (Å²) in [7, 11) is 0. The van der Waals surface area contributed by atoms with E-state index in [-0.39, 0.29) is 12.1 Å². The molecule has 2 unspecified atom stereocenters. The number of carbonyl (C=O) groups excluding carboxylic acids is 1. The van der Waals surface area contributed by atoms with Crippen LogP contribution >= 0.6 is 0 Å². The van der Waals surface area contributed by atoms with Gasteiger partial charge < -0.3 is 20.3 Å². The molecule has 5 heteroatoms. The van der Waals surface area contributed by atoms with E-state index >= 15 is 0 Å². The lowest BCUT2D eigenvalue weighted by atomic mass is 9.80. The van der Waals surface area contributed by atoms with E-state index in [9.17, 15) is 4.79 Å². The number of hydrogen-bond acceptors (Lipinski definition) is 3. The highest BCUT2D eigenvalue weighted by Gasteiger charge is 2.35. The SMILES string of the molecule is CCNC(=O)N1CCCC(NCC)C1COC1CCC(C(C)C)CC1. The number of hydrogen-bond donors (Lipinski definition) is 2. The Labute approximate surface area is 154 Å². The summed E-state index contributed by atoms with van der Waals surface area (Å²) in [6.07, 6.45) is 7.46. The first-order valence-electron chi connectivity index (χ1n) is 10.5. The molecule has 2 amide bonds. The first-order chi connectivity index (χ1) is 12.1. The van der Waals surface area contributed by atoms with Crippen LogP contribution in [-0.4, -0.2) is 55.4 Å². The Kier molecular flexibility index (Phi) is 8.50. The Bertz CT molecular complexity index is 392. The van der Waals surface area contributed by atoms with Gasteiger partial charge in [0.05, 0.1) is 18.8 Å². The molecule has 1 aliphatic heterocycles. The van der Waals surface area contributed by atoms with Gasteiger partial charge in [-0.1, -0.05) is 20.8 Å². The number of likely N-dealkylation sites (tertiary alicyclic amines) is 1. The first-order valence-corrected chi connectivity index (χ1v) is 10.5. The molecule has 1 aliphatic carbocycles. The van der Waals surface area contributed by atoms with E-state index in [0.29, 0.717) is 25.3 Å². The molecule has 2 atom stereocenters. The molecule has 2 aliphatic rings. The van der Waals surface area contributed by atoms with Gasteiger partial charge in [-0.3, -0.25) is 0 Å². The summed E-state index contributed by atoms with van der Waals surface area (Å²) >= 11 is 0. The van der Waals surface area contributed by atoms with Crippen molar-refractivity contribution >= 4 is 6.03 Å². The van der Waals surface area contributed by atoms with Crippen LogP contribution in [0.25, 0.3) is 0 Å². The van der Waals surface area contributed by atoms with Gasteiger partial charge in [0.15, 0.2) is 0 Å². The summed E-state index contributed by atoms with van der Waals surface area (Å²) in [5, 5.41) is 6.54. The molecule has 0 radical (unpaired) electrons. The van der Waals surface area contributed by atoms with Crippen LogP contribution in [0.5, 0.6) is 0 Å². The van der Waals surface area contributed by atoms with Crippen LogP contribution in [0.4, 0.5) is 4.79 Å². The summed E-state index contributed by atoms with van der Waals surface area (Å²) in [4.78, 5) is 14.5. The molecular formula is C20H39N3O2. The van der Waals surface area contributed by atoms with Crippen LogP contribution in [0, 0.1) is 11.8 Å². The molecule has 5 nitrogen and oxygen atoms in total. The van der Waals surface area contributed by atoms with Gasteiger partial charge in [0.2, 0.25) is 0 Å². The molecule has 0 aromatic rings. The number of piperidine rings is 1. The topological polar surface area (TPSA) is 53.6 Å². The van der Waals surface area contributed by atoms with Crippen molar-refractivity contribution in [3.05, 3.63) is 0 Å². The molecule has 1 saturated carbocycles. The number of amides is 2. The van der Waals surface area contributed by atoms with Gasteiger partial charge in [0.1, 0.15) is 0 Å². The number of rotatable bonds is 7. The van der Waals surface area contributed by atoms with Crippen molar-refractivity contribution in [3.63, 3.8) is 0 Å². The van der Waals surface area contributed by atoms with Crippen LogP contribution in [0.3, 0.4) is 0 Å². The molecule has 25 heavy (non-hydrogen) atoms. The second-order valence-corrected chi connectivity index (χ2v) is 8.02. The van der Waals surface area contributed by atoms with Crippen LogP contribution in [0.1, 0.15) is 66.2 Å². The van der Waals surface area contributed by atoms with Crippen molar-refractivity contribution < 1.29 is 9.53 Å². The monoisotopic (exact) mass is 353 g/mol. The standard InChI is InChI=1S/C20H39N3O2/c1-5-21-18-8-7-13-23(20(24)22-6-2)19(18)14-25-17-11-9-16(10-12-17)15(3)4/h15-19,21H,5-14H2,1-4H3,(H,22,24). The third kappa shape index (κ3) is 5.85. The molecule has 146 valence electrons. The molecule has 1 saturated heterocycles. The second kappa shape index (κ2) is 10.4. The molecule has 0 aromatic carbocycles. The molecule has 2 N–H and O–H groups in total. The molecule has 2 rings (SSSR count). The summed E-state index contributed by atoms with van der Waals surface area (Å²) in [5.41, 5.74) is 0.